The zero-order valence-corrected chi connectivity index (χ0v) is 14.4. The highest BCUT2D eigenvalue weighted by molar-refractivity contribution is 5.93. The Hall–Kier alpha value is -2.99. The molecule has 0 aliphatic carbocycles. The molecule has 0 radical (unpaired) electrons. The fraction of sp³-hybridized carbons (Fsp3) is 0.250. The summed E-state index contributed by atoms with van der Waals surface area (Å²) in [5, 5.41) is 5.82. The van der Waals surface area contributed by atoms with E-state index >= 15 is 0 Å². The molecule has 2 aliphatic rings. The Bertz CT molecular complexity index is 891. The molecule has 2 aromatic rings. The Kier molecular flexibility index (Phi) is 4.50. The number of benzene rings is 1. The minimum atomic E-state index is -0.0971. The van der Waals surface area contributed by atoms with Crippen molar-refractivity contribution in [2.45, 2.75) is 19.5 Å². The van der Waals surface area contributed by atoms with E-state index in [1.807, 2.05) is 23.1 Å². The summed E-state index contributed by atoms with van der Waals surface area (Å²) in [6.07, 6.45) is 5.93. The molecule has 6 heteroatoms. The van der Waals surface area contributed by atoms with Gasteiger partial charge in [0.25, 0.3) is 0 Å². The third-order valence-electron chi connectivity index (χ3n) is 4.71. The first-order chi connectivity index (χ1) is 12.7. The molecule has 0 atom stereocenters. The lowest BCUT2D eigenvalue weighted by atomic mass is 10.00. The summed E-state index contributed by atoms with van der Waals surface area (Å²) >= 11 is 0. The summed E-state index contributed by atoms with van der Waals surface area (Å²) in [6.45, 7) is 2.23. The lowest BCUT2D eigenvalue weighted by Crippen LogP contribution is -2.34. The minimum absolute atomic E-state index is 0.000809. The van der Waals surface area contributed by atoms with E-state index in [4.69, 9.17) is 0 Å². The molecule has 0 fully saturated rings. The quantitative estimate of drug-likeness (QED) is 0.811. The smallest absolute Gasteiger partial charge is 0.246 e. The van der Waals surface area contributed by atoms with E-state index in [1.165, 1.54) is 11.1 Å². The first-order valence-electron chi connectivity index (χ1n) is 8.72. The van der Waals surface area contributed by atoms with Crippen LogP contribution in [0, 0.1) is 0 Å². The van der Waals surface area contributed by atoms with Crippen molar-refractivity contribution in [3.8, 4) is 0 Å². The van der Waals surface area contributed by atoms with E-state index in [0.29, 0.717) is 18.9 Å². The van der Waals surface area contributed by atoms with Crippen molar-refractivity contribution in [2.75, 3.05) is 18.4 Å². The molecule has 26 heavy (non-hydrogen) atoms. The van der Waals surface area contributed by atoms with Crippen LogP contribution in [-0.2, 0) is 29.1 Å². The molecule has 2 aliphatic heterocycles. The summed E-state index contributed by atoms with van der Waals surface area (Å²) in [5.41, 5.74) is 4.30. The SMILES string of the molecule is O=C1CNCc2cc(C=CC(=O)N3CCc4ccccc4C3)cnc2N1. The van der Waals surface area contributed by atoms with Gasteiger partial charge in [0.1, 0.15) is 5.82 Å². The third kappa shape index (κ3) is 3.50. The van der Waals surface area contributed by atoms with Crippen LogP contribution < -0.4 is 10.6 Å². The van der Waals surface area contributed by atoms with Gasteiger partial charge in [0.05, 0.1) is 6.54 Å². The van der Waals surface area contributed by atoms with Gasteiger partial charge in [0.15, 0.2) is 0 Å². The van der Waals surface area contributed by atoms with E-state index < -0.39 is 0 Å². The standard InChI is InChI=1S/C20H20N4O2/c25-18-12-21-11-17-9-14(10-22-20(17)23-18)5-6-19(26)24-8-7-15-3-1-2-4-16(15)13-24/h1-6,9-10,21H,7-8,11-13H2,(H,22,23,25). The number of nitrogens with zero attached hydrogens (tertiary/aromatic N) is 2. The molecule has 1 aromatic carbocycles. The van der Waals surface area contributed by atoms with Gasteiger partial charge in [-0.2, -0.15) is 0 Å². The van der Waals surface area contributed by atoms with Crippen molar-refractivity contribution >= 4 is 23.7 Å². The van der Waals surface area contributed by atoms with E-state index in [2.05, 4.69) is 27.8 Å². The number of hydrogen-bond acceptors (Lipinski definition) is 4. The molecule has 6 nitrogen and oxygen atoms in total. The Balaban J connectivity index is 1.46. The number of fused-ring (bicyclic) bond motifs is 2. The van der Waals surface area contributed by atoms with Crippen LogP contribution in [0.25, 0.3) is 6.08 Å². The highest BCUT2D eigenvalue weighted by Gasteiger charge is 2.18. The summed E-state index contributed by atoms with van der Waals surface area (Å²) < 4.78 is 0. The highest BCUT2D eigenvalue weighted by atomic mass is 16.2. The van der Waals surface area contributed by atoms with E-state index in [9.17, 15) is 9.59 Å². The lowest BCUT2D eigenvalue weighted by molar-refractivity contribution is -0.126. The van der Waals surface area contributed by atoms with Gasteiger partial charge in [-0.05, 0) is 35.3 Å². The normalized spacial score (nSPS) is 16.6. The number of amides is 2. The molecule has 2 amide bonds. The van der Waals surface area contributed by atoms with Crippen molar-refractivity contribution in [3.05, 3.63) is 64.9 Å². The van der Waals surface area contributed by atoms with Gasteiger partial charge >= 0.3 is 0 Å². The third-order valence-corrected chi connectivity index (χ3v) is 4.71. The summed E-state index contributed by atoms with van der Waals surface area (Å²) in [7, 11) is 0. The molecular formula is C20H20N4O2. The Morgan fingerprint density at radius 1 is 1.15 bits per heavy atom. The average Bonchev–Trinajstić information content (AvgIpc) is 2.85. The number of hydrogen-bond donors (Lipinski definition) is 2. The summed E-state index contributed by atoms with van der Waals surface area (Å²) in [6, 6.07) is 10.2. The molecular weight excluding hydrogens is 328 g/mol. The topological polar surface area (TPSA) is 74.3 Å². The molecule has 4 rings (SSSR count). The number of carbonyl (C=O) groups excluding carboxylic acids is 2. The Morgan fingerprint density at radius 3 is 2.88 bits per heavy atom. The van der Waals surface area contributed by atoms with Gasteiger partial charge in [-0.25, -0.2) is 4.98 Å². The fourth-order valence-electron chi connectivity index (χ4n) is 3.31. The minimum Gasteiger partial charge on any atom is -0.334 e. The monoisotopic (exact) mass is 348 g/mol. The van der Waals surface area contributed by atoms with Crippen LogP contribution in [0.2, 0.25) is 0 Å². The molecule has 3 heterocycles. The molecule has 0 spiro atoms. The number of aromatic nitrogens is 1. The van der Waals surface area contributed by atoms with Crippen molar-refractivity contribution in [3.63, 3.8) is 0 Å². The highest BCUT2D eigenvalue weighted by Crippen LogP contribution is 2.20. The van der Waals surface area contributed by atoms with Gasteiger partial charge in [0.2, 0.25) is 11.8 Å². The van der Waals surface area contributed by atoms with Crippen molar-refractivity contribution in [1.82, 2.24) is 15.2 Å². The van der Waals surface area contributed by atoms with Gasteiger partial charge < -0.3 is 15.5 Å². The maximum absolute atomic E-state index is 12.5. The maximum Gasteiger partial charge on any atom is 0.246 e. The number of anilines is 1. The average molecular weight is 348 g/mol. The van der Waals surface area contributed by atoms with Gasteiger partial charge in [-0.1, -0.05) is 24.3 Å². The van der Waals surface area contributed by atoms with Crippen LogP contribution >= 0.6 is 0 Å². The van der Waals surface area contributed by atoms with Crippen LogP contribution in [0.15, 0.2) is 42.6 Å². The van der Waals surface area contributed by atoms with Crippen molar-refractivity contribution in [1.29, 1.82) is 0 Å². The number of rotatable bonds is 2. The van der Waals surface area contributed by atoms with Crippen LogP contribution in [0.5, 0.6) is 0 Å². The Morgan fingerprint density at radius 2 is 2.00 bits per heavy atom. The fourth-order valence-corrected chi connectivity index (χ4v) is 3.31. The second kappa shape index (κ2) is 7.09. The maximum atomic E-state index is 12.5. The second-order valence-electron chi connectivity index (χ2n) is 6.54. The lowest BCUT2D eigenvalue weighted by Gasteiger charge is -2.27. The van der Waals surface area contributed by atoms with Crippen molar-refractivity contribution in [2.24, 2.45) is 0 Å². The largest absolute Gasteiger partial charge is 0.334 e. The number of pyridine rings is 1. The molecule has 132 valence electrons. The first-order valence-corrected chi connectivity index (χ1v) is 8.72. The van der Waals surface area contributed by atoms with E-state index in [-0.39, 0.29) is 18.4 Å². The Labute approximate surface area is 151 Å². The summed E-state index contributed by atoms with van der Waals surface area (Å²) in [5.74, 6) is 0.483. The predicted octanol–water partition coefficient (Wildman–Crippen LogP) is 1.72. The molecule has 0 bridgehead atoms. The second-order valence-corrected chi connectivity index (χ2v) is 6.54. The van der Waals surface area contributed by atoms with Crippen LogP contribution in [-0.4, -0.2) is 34.8 Å². The first kappa shape index (κ1) is 16.5. The molecule has 0 saturated heterocycles. The van der Waals surface area contributed by atoms with Gasteiger partial charge in [-0.15, -0.1) is 0 Å². The predicted molar refractivity (Wildman–Crippen MR) is 99.2 cm³/mol. The molecule has 1 aromatic heterocycles. The van der Waals surface area contributed by atoms with Crippen LogP contribution in [0.4, 0.5) is 5.82 Å². The molecule has 0 unspecified atom stereocenters. The van der Waals surface area contributed by atoms with E-state index in [1.54, 1.807) is 18.3 Å². The molecule has 2 N–H and O–H groups in total. The zero-order chi connectivity index (χ0) is 17.9. The summed E-state index contributed by atoms with van der Waals surface area (Å²) in [4.78, 5) is 30.2. The van der Waals surface area contributed by atoms with Gasteiger partial charge in [0, 0.05) is 37.5 Å². The van der Waals surface area contributed by atoms with E-state index in [0.717, 1.165) is 24.1 Å². The molecule has 0 saturated carbocycles. The van der Waals surface area contributed by atoms with Gasteiger partial charge in [-0.3, -0.25) is 9.59 Å². The number of carbonyl (C=O) groups is 2. The number of nitrogens with one attached hydrogen (secondary N) is 2. The van der Waals surface area contributed by atoms with Crippen LogP contribution in [0.1, 0.15) is 22.3 Å². The van der Waals surface area contributed by atoms with Crippen LogP contribution in [0.3, 0.4) is 0 Å². The zero-order valence-electron chi connectivity index (χ0n) is 14.4. The van der Waals surface area contributed by atoms with Crippen molar-refractivity contribution < 1.29 is 9.59 Å².